The number of hydrogen-bond acceptors (Lipinski definition) is 3. The zero-order valence-electron chi connectivity index (χ0n) is 14.3. The summed E-state index contributed by atoms with van der Waals surface area (Å²) in [5, 5.41) is 0. The smallest absolute Gasteiger partial charge is 0.127 e. The maximum absolute atomic E-state index is 14.0. The van der Waals surface area contributed by atoms with Gasteiger partial charge in [-0.1, -0.05) is 32.9 Å². The van der Waals surface area contributed by atoms with E-state index in [1.54, 1.807) is 17.8 Å². The average Bonchev–Trinajstić information content (AvgIpc) is 2.45. The van der Waals surface area contributed by atoms with Gasteiger partial charge in [0.2, 0.25) is 0 Å². The van der Waals surface area contributed by atoms with Crippen molar-refractivity contribution in [2.45, 2.75) is 39.5 Å². The number of aliphatic imine (C=N–C) groups is 1. The number of benzene rings is 1. The molecule has 0 amide bonds. The Balaban J connectivity index is 2.92. The minimum absolute atomic E-state index is 0.136. The van der Waals surface area contributed by atoms with Crippen LogP contribution in [0.15, 0.2) is 33.8 Å². The molecule has 0 aliphatic heterocycles. The van der Waals surface area contributed by atoms with E-state index in [1.807, 2.05) is 26.2 Å². The topological polar surface area (TPSA) is 15.6 Å². The molecule has 4 heteroatoms. The fourth-order valence-corrected chi connectivity index (χ4v) is 3.52. The molecule has 0 spiro atoms. The van der Waals surface area contributed by atoms with Crippen LogP contribution in [0.5, 0.6) is 0 Å². The van der Waals surface area contributed by atoms with E-state index in [4.69, 9.17) is 0 Å². The van der Waals surface area contributed by atoms with Gasteiger partial charge in [0.25, 0.3) is 0 Å². The van der Waals surface area contributed by atoms with Crippen molar-refractivity contribution < 1.29 is 4.39 Å². The van der Waals surface area contributed by atoms with E-state index in [1.165, 1.54) is 4.91 Å². The Morgan fingerprint density at radius 3 is 2.55 bits per heavy atom. The molecule has 0 saturated carbocycles. The molecule has 0 radical (unpaired) electrons. The normalized spacial score (nSPS) is 12.7. The third kappa shape index (κ3) is 5.58. The Hall–Kier alpha value is -1.13. The fraction of sp³-hybridized carbons (Fsp3) is 0.500. The van der Waals surface area contributed by atoms with E-state index in [0.717, 1.165) is 29.8 Å². The molecule has 1 aromatic carbocycles. The van der Waals surface area contributed by atoms with Gasteiger partial charge in [-0.2, -0.15) is 0 Å². The molecule has 22 heavy (non-hydrogen) atoms. The number of hydrogen-bond donors (Lipinski definition) is 0. The summed E-state index contributed by atoms with van der Waals surface area (Å²) in [6.07, 6.45) is 0.899. The molecule has 2 nitrogen and oxygen atoms in total. The first-order valence-electron chi connectivity index (χ1n) is 7.63. The maximum Gasteiger partial charge on any atom is 0.127 e. The molecule has 0 fully saturated rings. The Labute approximate surface area is 138 Å². The second kappa shape index (κ2) is 9.11. The zero-order chi connectivity index (χ0) is 16.7. The van der Waals surface area contributed by atoms with E-state index in [2.05, 4.69) is 37.4 Å². The van der Waals surface area contributed by atoms with Crippen molar-refractivity contribution in [3.8, 4) is 0 Å². The molecule has 0 bridgehead atoms. The SMILES string of the molecule is C=N/C(=C(/CC)SCc1cc(CN(C)C)ccc1F)C(C)C. The fourth-order valence-electron chi connectivity index (χ4n) is 2.32. The Bertz CT molecular complexity index is 536. The molecule has 0 heterocycles. The lowest BCUT2D eigenvalue weighted by molar-refractivity contribution is 0.402. The second-order valence-electron chi connectivity index (χ2n) is 5.93. The zero-order valence-corrected chi connectivity index (χ0v) is 15.1. The van der Waals surface area contributed by atoms with Crippen molar-refractivity contribution in [3.05, 3.63) is 45.7 Å². The predicted octanol–water partition coefficient (Wildman–Crippen LogP) is 5.10. The van der Waals surface area contributed by atoms with Crippen molar-refractivity contribution >= 4 is 18.5 Å². The van der Waals surface area contributed by atoms with Crippen LogP contribution in [0.1, 0.15) is 38.3 Å². The number of halogens is 1. The summed E-state index contributed by atoms with van der Waals surface area (Å²) in [5.41, 5.74) is 2.91. The van der Waals surface area contributed by atoms with Crippen LogP contribution in [0, 0.1) is 11.7 Å². The van der Waals surface area contributed by atoms with Crippen molar-refractivity contribution in [1.82, 2.24) is 4.90 Å². The highest BCUT2D eigenvalue weighted by Gasteiger charge is 2.11. The monoisotopic (exact) mass is 322 g/mol. The molecule has 0 N–H and O–H groups in total. The highest BCUT2D eigenvalue weighted by atomic mass is 32.2. The first kappa shape index (κ1) is 18.9. The third-order valence-electron chi connectivity index (χ3n) is 3.33. The molecular weight excluding hydrogens is 295 g/mol. The highest BCUT2D eigenvalue weighted by molar-refractivity contribution is 8.02. The predicted molar refractivity (Wildman–Crippen MR) is 96.8 cm³/mol. The van der Waals surface area contributed by atoms with Crippen LogP contribution in [0.2, 0.25) is 0 Å². The molecule has 0 saturated heterocycles. The van der Waals surface area contributed by atoms with Crippen LogP contribution in [0.3, 0.4) is 0 Å². The summed E-state index contributed by atoms with van der Waals surface area (Å²) < 4.78 is 14.0. The van der Waals surface area contributed by atoms with Crippen LogP contribution in [0.25, 0.3) is 0 Å². The minimum Gasteiger partial charge on any atom is -0.305 e. The van der Waals surface area contributed by atoms with Gasteiger partial charge in [-0.25, -0.2) is 4.39 Å². The number of allylic oxidation sites excluding steroid dienone is 2. The van der Waals surface area contributed by atoms with Gasteiger partial charge >= 0.3 is 0 Å². The van der Waals surface area contributed by atoms with E-state index in [0.29, 0.717) is 11.7 Å². The van der Waals surface area contributed by atoms with Crippen LogP contribution < -0.4 is 0 Å². The standard InChI is InChI=1S/C18H27FN2S/c1-7-17(18(20-4)13(2)3)22-12-15-10-14(11-21(5)6)8-9-16(15)19/h8-10,13H,4,7,11-12H2,1-3,5-6H3/b18-17-. The van der Waals surface area contributed by atoms with Crippen molar-refractivity contribution in [2.24, 2.45) is 10.9 Å². The lowest BCUT2D eigenvalue weighted by atomic mass is 10.1. The second-order valence-corrected chi connectivity index (χ2v) is 7.00. The molecule has 0 aliphatic carbocycles. The summed E-state index contributed by atoms with van der Waals surface area (Å²) in [4.78, 5) is 7.44. The molecule has 0 atom stereocenters. The van der Waals surface area contributed by atoms with Crippen molar-refractivity contribution in [1.29, 1.82) is 0 Å². The first-order chi connectivity index (χ1) is 10.4. The average molecular weight is 322 g/mol. The molecular formula is C18H27FN2S. The lowest BCUT2D eigenvalue weighted by Crippen LogP contribution is -2.11. The van der Waals surface area contributed by atoms with Gasteiger partial charge in [0, 0.05) is 17.2 Å². The first-order valence-corrected chi connectivity index (χ1v) is 8.62. The number of rotatable bonds is 8. The number of nitrogens with zero attached hydrogens (tertiary/aromatic N) is 2. The van der Waals surface area contributed by atoms with Gasteiger partial charge in [-0.15, -0.1) is 11.8 Å². The summed E-state index contributed by atoms with van der Waals surface area (Å²) in [6.45, 7) is 10.8. The summed E-state index contributed by atoms with van der Waals surface area (Å²) >= 11 is 1.67. The van der Waals surface area contributed by atoms with Gasteiger partial charge in [0.1, 0.15) is 5.82 Å². The Morgan fingerprint density at radius 1 is 1.36 bits per heavy atom. The third-order valence-corrected chi connectivity index (χ3v) is 4.64. The van der Waals surface area contributed by atoms with E-state index >= 15 is 0 Å². The van der Waals surface area contributed by atoms with Gasteiger partial charge in [0.15, 0.2) is 0 Å². The molecule has 0 aliphatic rings. The van der Waals surface area contributed by atoms with Gasteiger partial charge in [0.05, 0.1) is 5.70 Å². The molecule has 122 valence electrons. The molecule has 0 aromatic heterocycles. The molecule has 1 aromatic rings. The largest absolute Gasteiger partial charge is 0.305 e. The Morgan fingerprint density at radius 2 is 2.05 bits per heavy atom. The van der Waals surface area contributed by atoms with Gasteiger partial charge < -0.3 is 4.90 Å². The van der Waals surface area contributed by atoms with Gasteiger partial charge in [-0.05, 0) is 50.3 Å². The summed E-state index contributed by atoms with van der Waals surface area (Å²) in [7, 11) is 4.03. The van der Waals surface area contributed by atoms with Crippen LogP contribution in [-0.2, 0) is 12.3 Å². The van der Waals surface area contributed by atoms with Crippen LogP contribution in [0.4, 0.5) is 4.39 Å². The molecule has 0 unspecified atom stereocenters. The lowest BCUT2D eigenvalue weighted by Gasteiger charge is -2.14. The highest BCUT2D eigenvalue weighted by Crippen LogP contribution is 2.31. The molecule has 1 rings (SSSR count). The minimum atomic E-state index is -0.136. The van der Waals surface area contributed by atoms with Crippen LogP contribution >= 0.6 is 11.8 Å². The quantitative estimate of drug-likeness (QED) is 0.619. The van der Waals surface area contributed by atoms with E-state index in [9.17, 15) is 4.39 Å². The maximum atomic E-state index is 14.0. The number of thioether (sulfide) groups is 1. The summed E-state index contributed by atoms with van der Waals surface area (Å²) in [6, 6.07) is 5.39. The Kier molecular flexibility index (Phi) is 7.83. The van der Waals surface area contributed by atoms with E-state index in [-0.39, 0.29) is 5.82 Å². The van der Waals surface area contributed by atoms with Gasteiger partial charge in [-0.3, -0.25) is 4.99 Å². The van der Waals surface area contributed by atoms with Crippen molar-refractivity contribution in [2.75, 3.05) is 14.1 Å². The van der Waals surface area contributed by atoms with Crippen LogP contribution in [-0.4, -0.2) is 25.7 Å². The van der Waals surface area contributed by atoms with E-state index < -0.39 is 0 Å². The van der Waals surface area contributed by atoms with Crippen molar-refractivity contribution in [3.63, 3.8) is 0 Å². The summed E-state index contributed by atoms with van der Waals surface area (Å²) in [5.74, 6) is 0.829.